The van der Waals surface area contributed by atoms with Gasteiger partial charge >= 0.3 is 0 Å². The van der Waals surface area contributed by atoms with Gasteiger partial charge in [0, 0.05) is 0 Å². The third-order valence-electron chi connectivity index (χ3n) is 6.93. The maximum absolute atomic E-state index is 5.69. The molecule has 2 rings (SSSR count). The molecule has 25 heavy (non-hydrogen) atoms. The maximum atomic E-state index is 5.69. The Balaban J connectivity index is 1.54. The van der Waals surface area contributed by atoms with Crippen LogP contribution in [0.15, 0.2) is 12.3 Å². The second kappa shape index (κ2) is 12.8. The van der Waals surface area contributed by atoms with Gasteiger partial charge < -0.3 is 4.74 Å². The van der Waals surface area contributed by atoms with Crippen molar-refractivity contribution in [1.29, 1.82) is 0 Å². The molecule has 0 aromatic rings. The summed E-state index contributed by atoms with van der Waals surface area (Å²) in [7, 11) is 0. The van der Waals surface area contributed by atoms with E-state index >= 15 is 0 Å². The molecule has 0 spiro atoms. The number of hydrogen-bond donors (Lipinski definition) is 0. The van der Waals surface area contributed by atoms with E-state index < -0.39 is 0 Å². The van der Waals surface area contributed by atoms with Gasteiger partial charge in [-0.2, -0.15) is 0 Å². The van der Waals surface area contributed by atoms with Gasteiger partial charge in [0.05, 0.1) is 12.9 Å². The van der Waals surface area contributed by atoms with E-state index in [9.17, 15) is 0 Å². The van der Waals surface area contributed by atoms with Gasteiger partial charge in [-0.25, -0.2) is 0 Å². The molecule has 2 aliphatic carbocycles. The van der Waals surface area contributed by atoms with Gasteiger partial charge in [-0.3, -0.25) is 0 Å². The van der Waals surface area contributed by atoms with Crippen LogP contribution in [-0.2, 0) is 4.74 Å². The molecule has 0 aliphatic heterocycles. The SMILES string of the molecule is CC/C=C\OCC1CCC(C2CCC(CCCCCCC)CC2)CC1. The quantitative estimate of drug-likeness (QED) is 0.272. The largest absolute Gasteiger partial charge is 0.501 e. The molecule has 2 fully saturated rings. The van der Waals surface area contributed by atoms with Crippen LogP contribution in [0.3, 0.4) is 0 Å². The average molecular weight is 349 g/mol. The number of unbranched alkanes of at least 4 members (excludes halogenated alkanes) is 4. The second-order valence-electron chi connectivity index (χ2n) is 8.88. The molecule has 0 aromatic heterocycles. The molecule has 2 aliphatic rings. The molecule has 1 heteroatoms. The topological polar surface area (TPSA) is 9.23 Å². The summed E-state index contributed by atoms with van der Waals surface area (Å²) in [6, 6.07) is 0. The molecular weight excluding hydrogens is 304 g/mol. The van der Waals surface area contributed by atoms with E-state index in [4.69, 9.17) is 4.74 Å². The van der Waals surface area contributed by atoms with Crippen LogP contribution in [0.1, 0.15) is 110 Å². The van der Waals surface area contributed by atoms with Crippen molar-refractivity contribution in [2.45, 2.75) is 110 Å². The van der Waals surface area contributed by atoms with Crippen molar-refractivity contribution in [2.75, 3.05) is 6.61 Å². The minimum atomic E-state index is 0.817. The molecule has 0 amide bonds. The predicted molar refractivity (Wildman–Crippen MR) is 110 cm³/mol. The standard InChI is InChI=1S/C24H44O/c1-3-5-7-8-9-10-21-11-15-23(16-12-21)24-17-13-22(14-18-24)20-25-19-6-4-2/h6,19,21-24H,3-5,7-18,20H2,1-2H3/b19-6-. The summed E-state index contributed by atoms with van der Waals surface area (Å²) in [5.74, 6) is 3.97. The van der Waals surface area contributed by atoms with Crippen LogP contribution in [-0.4, -0.2) is 6.61 Å². The van der Waals surface area contributed by atoms with Crippen molar-refractivity contribution in [1.82, 2.24) is 0 Å². The lowest BCUT2D eigenvalue weighted by Gasteiger charge is -2.37. The fourth-order valence-corrected chi connectivity index (χ4v) is 5.17. The lowest BCUT2D eigenvalue weighted by molar-refractivity contribution is 0.108. The smallest absolute Gasteiger partial charge is 0.0901 e. The molecule has 0 N–H and O–H groups in total. The Kier molecular flexibility index (Phi) is 10.7. The van der Waals surface area contributed by atoms with Crippen LogP contribution < -0.4 is 0 Å². The van der Waals surface area contributed by atoms with Crippen molar-refractivity contribution in [2.24, 2.45) is 23.7 Å². The third kappa shape index (κ3) is 8.18. The molecule has 146 valence electrons. The fraction of sp³-hybridized carbons (Fsp3) is 0.917. The Morgan fingerprint density at radius 3 is 1.92 bits per heavy atom. The molecule has 0 saturated heterocycles. The first kappa shape index (κ1) is 20.8. The lowest BCUT2D eigenvalue weighted by Crippen LogP contribution is -2.27. The monoisotopic (exact) mass is 348 g/mol. The Morgan fingerprint density at radius 1 is 0.720 bits per heavy atom. The van der Waals surface area contributed by atoms with Crippen molar-refractivity contribution >= 4 is 0 Å². The first-order valence-corrected chi connectivity index (χ1v) is 11.6. The van der Waals surface area contributed by atoms with Gasteiger partial charge in [0.2, 0.25) is 0 Å². The van der Waals surface area contributed by atoms with E-state index in [1.54, 1.807) is 0 Å². The molecule has 0 unspecified atom stereocenters. The summed E-state index contributed by atoms with van der Waals surface area (Å²) in [4.78, 5) is 0. The number of rotatable bonds is 11. The first-order chi connectivity index (χ1) is 12.3. The zero-order chi connectivity index (χ0) is 17.7. The summed E-state index contributed by atoms with van der Waals surface area (Å²) < 4.78 is 5.69. The van der Waals surface area contributed by atoms with E-state index in [-0.39, 0.29) is 0 Å². The Labute approximate surface area is 158 Å². The zero-order valence-corrected chi connectivity index (χ0v) is 17.2. The Hall–Kier alpha value is -0.460. The molecular formula is C24H44O. The lowest BCUT2D eigenvalue weighted by atomic mass is 9.69. The van der Waals surface area contributed by atoms with Crippen LogP contribution in [0.2, 0.25) is 0 Å². The van der Waals surface area contributed by atoms with E-state index in [0.29, 0.717) is 0 Å². The molecule has 1 nitrogen and oxygen atoms in total. The fourth-order valence-electron chi connectivity index (χ4n) is 5.17. The van der Waals surface area contributed by atoms with Crippen LogP contribution in [0, 0.1) is 23.7 Å². The normalized spacial score (nSPS) is 30.6. The molecule has 2 saturated carbocycles. The maximum Gasteiger partial charge on any atom is 0.0901 e. The highest BCUT2D eigenvalue weighted by Gasteiger charge is 2.30. The highest BCUT2D eigenvalue weighted by molar-refractivity contribution is 4.82. The van der Waals surface area contributed by atoms with Crippen molar-refractivity contribution in [3.05, 3.63) is 12.3 Å². The van der Waals surface area contributed by atoms with Gasteiger partial charge in [0.1, 0.15) is 0 Å². The number of ether oxygens (including phenoxy) is 1. The summed E-state index contributed by atoms with van der Waals surface area (Å²) in [5.41, 5.74) is 0. The summed E-state index contributed by atoms with van der Waals surface area (Å²) in [5, 5.41) is 0. The predicted octanol–water partition coefficient (Wildman–Crippen LogP) is 7.90. The van der Waals surface area contributed by atoms with Crippen LogP contribution in [0.25, 0.3) is 0 Å². The minimum Gasteiger partial charge on any atom is -0.501 e. The van der Waals surface area contributed by atoms with Gasteiger partial charge in [0.15, 0.2) is 0 Å². The molecule has 0 aromatic carbocycles. The van der Waals surface area contributed by atoms with E-state index in [2.05, 4.69) is 19.9 Å². The van der Waals surface area contributed by atoms with E-state index in [1.165, 1.54) is 89.9 Å². The van der Waals surface area contributed by atoms with Gasteiger partial charge in [-0.15, -0.1) is 0 Å². The second-order valence-corrected chi connectivity index (χ2v) is 8.88. The molecule has 0 atom stereocenters. The number of hydrogen-bond acceptors (Lipinski definition) is 1. The van der Waals surface area contributed by atoms with Crippen molar-refractivity contribution in [3.63, 3.8) is 0 Å². The van der Waals surface area contributed by atoms with Gasteiger partial charge in [-0.1, -0.05) is 71.3 Å². The Bertz CT molecular complexity index is 332. The van der Waals surface area contributed by atoms with E-state index in [0.717, 1.165) is 36.7 Å². The number of allylic oxidation sites excluding steroid dienone is 1. The van der Waals surface area contributed by atoms with Crippen LogP contribution in [0.5, 0.6) is 0 Å². The van der Waals surface area contributed by atoms with E-state index in [1.807, 2.05) is 6.26 Å². The summed E-state index contributed by atoms with van der Waals surface area (Å²) >= 11 is 0. The molecule has 0 radical (unpaired) electrons. The third-order valence-corrected chi connectivity index (χ3v) is 6.93. The molecule has 0 heterocycles. The minimum absolute atomic E-state index is 0.817. The summed E-state index contributed by atoms with van der Waals surface area (Å²) in [6.45, 7) is 5.42. The van der Waals surface area contributed by atoms with Crippen LogP contribution >= 0.6 is 0 Å². The molecule has 0 bridgehead atoms. The van der Waals surface area contributed by atoms with Crippen molar-refractivity contribution < 1.29 is 4.74 Å². The summed E-state index contributed by atoms with van der Waals surface area (Å²) in [6.07, 6.45) is 25.8. The highest BCUT2D eigenvalue weighted by atomic mass is 16.5. The average Bonchev–Trinajstić information content (AvgIpc) is 2.66. The van der Waals surface area contributed by atoms with Crippen LogP contribution in [0.4, 0.5) is 0 Å². The zero-order valence-electron chi connectivity index (χ0n) is 17.2. The van der Waals surface area contributed by atoms with Gasteiger partial charge in [-0.05, 0) is 68.6 Å². The van der Waals surface area contributed by atoms with Crippen molar-refractivity contribution in [3.8, 4) is 0 Å². The highest BCUT2D eigenvalue weighted by Crippen LogP contribution is 2.42. The first-order valence-electron chi connectivity index (χ1n) is 11.6. The Morgan fingerprint density at radius 2 is 1.32 bits per heavy atom. The van der Waals surface area contributed by atoms with Gasteiger partial charge in [0.25, 0.3) is 0 Å².